The Kier molecular flexibility index (Phi) is 3.14. The molecule has 0 unspecified atom stereocenters. The number of nitriles is 1. The maximum atomic E-state index is 8.99. The lowest BCUT2D eigenvalue weighted by Crippen LogP contribution is -2.33. The van der Waals surface area contributed by atoms with E-state index in [4.69, 9.17) is 9.68 Å². The van der Waals surface area contributed by atoms with Crippen molar-refractivity contribution in [1.82, 2.24) is 14.8 Å². The van der Waals surface area contributed by atoms with Crippen LogP contribution in [0.3, 0.4) is 0 Å². The number of nitrogens with zero attached hydrogens (tertiary/aromatic N) is 5. The summed E-state index contributed by atoms with van der Waals surface area (Å²) in [6.45, 7) is 8.70. The van der Waals surface area contributed by atoms with Gasteiger partial charge in [0.2, 0.25) is 0 Å². The molecule has 0 amide bonds. The first-order valence-corrected chi connectivity index (χ1v) is 8.07. The van der Waals surface area contributed by atoms with Crippen LogP contribution >= 0.6 is 0 Å². The maximum absolute atomic E-state index is 8.99. The maximum Gasteiger partial charge on any atom is 0.298 e. The van der Waals surface area contributed by atoms with Gasteiger partial charge in [-0.15, -0.1) is 0 Å². The first-order valence-electron chi connectivity index (χ1n) is 8.07. The van der Waals surface area contributed by atoms with Crippen LogP contribution in [-0.4, -0.2) is 21.3 Å². The Morgan fingerprint density at radius 1 is 1.21 bits per heavy atom. The number of fused-ring (bicyclic) bond motifs is 2. The van der Waals surface area contributed by atoms with E-state index < -0.39 is 0 Å². The summed E-state index contributed by atoms with van der Waals surface area (Å²) in [7, 11) is 0. The fraction of sp³-hybridized carbons (Fsp3) is 0.389. The Morgan fingerprint density at radius 3 is 2.79 bits per heavy atom. The number of anilines is 1. The highest BCUT2D eigenvalue weighted by Gasteiger charge is 2.23. The van der Waals surface area contributed by atoms with E-state index in [2.05, 4.69) is 54.0 Å². The van der Waals surface area contributed by atoms with Crippen molar-refractivity contribution in [2.24, 2.45) is 0 Å². The first-order chi connectivity index (χ1) is 11.4. The molecule has 6 nitrogen and oxygen atoms in total. The molecule has 6 heteroatoms. The standard InChI is InChI=1S/C18H19N5O/c1-18(2,3)12-4-5-16-15(8-12)20-17(24-16)22-6-7-23-14(11-22)9-13(10-19)21-23/h4-5,8-9H,6-7,11H2,1-3H3. The summed E-state index contributed by atoms with van der Waals surface area (Å²) in [5, 5.41) is 13.2. The normalized spacial score (nSPS) is 14.7. The van der Waals surface area contributed by atoms with Crippen LogP contribution in [0.2, 0.25) is 0 Å². The molecule has 0 N–H and O–H groups in total. The predicted octanol–water partition coefficient (Wildman–Crippen LogP) is 3.21. The van der Waals surface area contributed by atoms with Gasteiger partial charge in [-0.2, -0.15) is 15.3 Å². The van der Waals surface area contributed by atoms with Crippen molar-refractivity contribution < 1.29 is 4.42 Å². The van der Waals surface area contributed by atoms with E-state index in [1.165, 1.54) is 5.56 Å². The summed E-state index contributed by atoms with van der Waals surface area (Å²) in [4.78, 5) is 6.77. The van der Waals surface area contributed by atoms with Crippen LogP contribution in [0, 0.1) is 11.3 Å². The molecule has 0 spiro atoms. The molecule has 0 aliphatic carbocycles. The van der Waals surface area contributed by atoms with Gasteiger partial charge in [0.25, 0.3) is 6.01 Å². The minimum absolute atomic E-state index is 0.0820. The number of hydrogen-bond acceptors (Lipinski definition) is 5. The highest BCUT2D eigenvalue weighted by Crippen LogP contribution is 2.29. The van der Waals surface area contributed by atoms with Crippen LogP contribution in [-0.2, 0) is 18.5 Å². The second kappa shape index (κ2) is 5.10. The van der Waals surface area contributed by atoms with E-state index in [1.54, 1.807) is 0 Å². The quantitative estimate of drug-likeness (QED) is 0.688. The molecule has 0 saturated heterocycles. The Morgan fingerprint density at radius 2 is 2.04 bits per heavy atom. The Hall–Kier alpha value is -2.81. The zero-order chi connectivity index (χ0) is 16.9. The third kappa shape index (κ3) is 2.42. The lowest BCUT2D eigenvalue weighted by atomic mass is 9.87. The number of benzene rings is 1. The third-order valence-corrected chi connectivity index (χ3v) is 4.43. The van der Waals surface area contributed by atoms with Crippen molar-refractivity contribution in [2.75, 3.05) is 11.4 Å². The van der Waals surface area contributed by atoms with E-state index >= 15 is 0 Å². The van der Waals surface area contributed by atoms with Crippen LogP contribution < -0.4 is 4.90 Å². The predicted molar refractivity (Wildman–Crippen MR) is 90.7 cm³/mol. The monoisotopic (exact) mass is 321 g/mol. The lowest BCUT2D eigenvalue weighted by Gasteiger charge is -2.25. The molecule has 0 radical (unpaired) electrons. The van der Waals surface area contributed by atoms with Gasteiger partial charge in [-0.1, -0.05) is 26.8 Å². The number of oxazole rings is 1. The summed E-state index contributed by atoms with van der Waals surface area (Å²) >= 11 is 0. The van der Waals surface area contributed by atoms with E-state index in [-0.39, 0.29) is 5.41 Å². The summed E-state index contributed by atoms with van der Waals surface area (Å²) < 4.78 is 7.83. The van der Waals surface area contributed by atoms with Gasteiger partial charge >= 0.3 is 0 Å². The van der Waals surface area contributed by atoms with Crippen molar-refractivity contribution in [3.63, 3.8) is 0 Å². The fourth-order valence-electron chi connectivity index (χ4n) is 3.00. The van der Waals surface area contributed by atoms with Gasteiger partial charge in [-0.25, -0.2) is 0 Å². The molecule has 1 aromatic carbocycles. The molecule has 2 aromatic heterocycles. The minimum Gasteiger partial charge on any atom is -0.423 e. The summed E-state index contributed by atoms with van der Waals surface area (Å²) in [5.74, 6) is 0. The average molecular weight is 321 g/mol. The zero-order valence-corrected chi connectivity index (χ0v) is 14.1. The minimum atomic E-state index is 0.0820. The number of hydrogen-bond donors (Lipinski definition) is 0. The molecule has 0 saturated carbocycles. The average Bonchev–Trinajstić information content (AvgIpc) is 3.15. The van der Waals surface area contributed by atoms with Gasteiger partial charge in [-0.05, 0) is 29.2 Å². The third-order valence-electron chi connectivity index (χ3n) is 4.43. The molecule has 24 heavy (non-hydrogen) atoms. The molecule has 122 valence electrons. The van der Waals surface area contributed by atoms with E-state index in [0.717, 1.165) is 29.9 Å². The van der Waals surface area contributed by atoms with Crippen LogP contribution in [0.1, 0.15) is 37.7 Å². The highest BCUT2D eigenvalue weighted by molar-refractivity contribution is 5.75. The molecule has 1 aliphatic rings. The van der Waals surface area contributed by atoms with E-state index in [9.17, 15) is 0 Å². The van der Waals surface area contributed by atoms with Crippen molar-refractivity contribution in [3.8, 4) is 6.07 Å². The number of rotatable bonds is 1. The molecule has 4 rings (SSSR count). The second-order valence-electron chi connectivity index (χ2n) is 7.21. The number of aromatic nitrogens is 3. The molecule has 3 aromatic rings. The van der Waals surface area contributed by atoms with Gasteiger partial charge in [0, 0.05) is 6.54 Å². The Balaban J connectivity index is 1.66. The summed E-state index contributed by atoms with van der Waals surface area (Å²) in [5.41, 5.74) is 4.47. The lowest BCUT2D eigenvalue weighted by molar-refractivity contribution is 0.479. The Labute approximate surface area is 140 Å². The van der Waals surface area contributed by atoms with Crippen molar-refractivity contribution in [3.05, 3.63) is 41.2 Å². The fourth-order valence-corrected chi connectivity index (χ4v) is 3.00. The Bertz CT molecular complexity index is 954. The molecule has 3 heterocycles. The zero-order valence-electron chi connectivity index (χ0n) is 14.1. The van der Waals surface area contributed by atoms with Gasteiger partial charge in [0.1, 0.15) is 11.6 Å². The summed E-state index contributed by atoms with van der Waals surface area (Å²) in [6, 6.07) is 10.7. The van der Waals surface area contributed by atoms with Gasteiger partial charge in [-0.3, -0.25) is 4.68 Å². The SMILES string of the molecule is CC(C)(C)c1ccc2oc(N3CCn4nc(C#N)cc4C3)nc2c1. The van der Waals surface area contributed by atoms with Crippen LogP contribution in [0.15, 0.2) is 28.7 Å². The van der Waals surface area contributed by atoms with Crippen molar-refractivity contribution in [2.45, 2.75) is 39.3 Å². The van der Waals surface area contributed by atoms with Crippen LogP contribution in [0.4, 0.5) is 6.01 Å². The largest absolute Gasteiger partial charge is 0.423 e. The molecule has 0 fully saturated rings. The van der Waals surface area contributed by atoms with E-state index in [1.807, 2.05) is 16.8 Å². The molecular weight excluding hydrogens is 302 g/mol. The molecule has 0 atom stereocenters. The van der Waals surface area contributed by atoms with Crippen LogP contribution in [0.5, 0.6) is 0 Å². The molecule has 1 aliphatic heterocycles. The van der Waals surface area contributed by atoms with E-state index in [0.29, 0.717) is 18.3 Å². The van der Waals surface area contributed by atoms with Gasteiger partial charge < -0.3 is 9.32 Å². The van der Waals surface area contributed by atoms with Gasteiger partial charge in [0.05, 0.1) is 18.8 Å². The first kappa shape index (κ1) is 14.8. The topological polar surface area (TPSA) is 70.9 Å². The second-order valence-corrected chi connectivity index (χ2v) is 7.21. The van der Waals surface area contributed by atoms with Crippen LogP contribution in [0.25, 0.3) is 11.1 Å². The van der Waals surface area contributed by atoms with Gasteiger partial charge in [0.15, 0.2) is 11.3 Å². The van der Waals surface area contributed by atoms with Crippen molar-refractivity contribution >= 4 is 17.1 Å². The summed E-state index contributed by atoms with van der Waals surface area (Å²) in [6.07, 6.45) is 0. The molecule has 0 bridgehead atoms. The molecular formula is C18H19N5O. The highest BCUT2D eigenvalue weighted by atomic mass is 16.4. The van der Waals surface area contributed by atoms with Crippen molar-refractivity contribution in [1.29, 1.82) is 5.26 Å². The smallest absolute Gasteiger partial charge is 0.298 e.